The Hall–Kier alpha value is -1.30. The largest absolute Gasteiger partial charge is 0.325 e. The molecular formula is C12H16N4S. The highest BCUT2D eigenvalue weighted by atomic mass is 32.1. The molecule has 0 unspecified atom stereocenters. The summed E-state index contributed by atoms with van der Waals surface area (Å²) in [4.78, 5) is 10.9. The first-order valence-corrected chi connectivity index (χ1v) is 6.42. The highest BCUT2D eigenvalue weighted by Gasteiger charge is 2.04. The highest BCUT2D eigenvalue weighted by molar-refractivity contribution is 7.07. The Morgan fingerprint density at radius 2 is 2.00 bits per heavy atom. The van der Waals surface area contributed by atoms with Crippen LogP contribution in [0.25, 0.3) is 0 Å². The molecule has 0 saturated carbocycles. The third-order valence-corrected chi connectivity index (χ3v) is 3.06. The van der Waals surface area contributed by atoms with Crippen molar-refractivity contribution in [3.8, 4) is 0 Å². The van der Waals surface area contributed by atoms with Crippen molar-refractivity contribution in [3.63, 3.8) is 0 Å². The number of rotatable bonds is 5. The van der Waals surface area contributed by atoms with Gasteiger partial charge < -0.3 is 5.73 Å². The van der Waals surface area contributed by atoms with Crippen LogP contribution in [0.4, 0.5) is 0 Å². The Kier molecular flexibility index (Phi) is 4.19. The second-order valence-electron chi connectivity index (χ2n) is 3.98. The minimum atomic E-state index is 0.490. The van der Waals surface area contributed by atoms with Crippen LogP contribution < -0.4 is 5.73 Å². The maximum atomic E-state index is 5.57. The number of thiazole rings is 1. The predicted molar refractivity (Wildman–Crippen MR) is 69.4 cm³/mol. The van der Waals surface area contributed by atoms with Crippen LogP contribution in [0.1, 0.15) is 17.1 Å². The third kappa shape index (κ3) is 3.59. The summed E-state index contributed by atoms with van der Waals surface area (Å²) in [6, 6.07) is 5.97. The molecule has 0 spiro atoms. The van der Waals surface area contributed by atoms with Gasteiger partial charge in [0.2, 0.25) is 0 Å². The third-order valence-electron chi connectivity index (χ3n) is 2.42. The lowest BCUT2D eigenvalue weighted by molar-refractivity contribution is 0.311. The van der Waals surface area contributed by atoms with Crippen molar-refractivity contribution >= 4 is 11.3 Å². The molecule has 2 aromatic heterocycles. The van der Waals surface area contributed by atoms with E-state index in [9.17, 15) is 0 Å². The van der Waals surface area contributed by atoms with Crippen molar-refractivity contribution in [1.82, 2.24) is 14.9 Å². The molecule has 0 saturated heterocycles. The minimum absolute atomic E-state index is 0.490. The van der Waals surface area contributed by atoms with E-state index in [1.807, 2.05) is 23.7 Å². The van der Waals surface area contributed by atoms with E-state index < -0.39 is 0 Å². The smallest absolute Gasteiger partial charge is 0.0795 e. The Labute approximate surface area is 105 Å². The maximum absolute atomic E-state index is 5.57. The molecule has 4 nitrogen and oxygen atoms in total. The summed E-state index contributed by atoms with van der Waals surface area (Å²) < 4.78 is 0. The first-order chi connectivity index (χ1) is 8.28. The van der Waals surface area contributed by atoms with Gasteiger partial charge in [0.1, 0.15) is 0 Å². The second kappa shape index (κ2) is 5.86. The molecule has 17 heavy (non-hydrogen) atoms. The van der Waals surface area contributed by atoms with Crippen molar-refractivity contribution in [1.29, 1.82) is 0 Å². The summed E-state index contributed by atoms with van der Waals surface area (Å²) in [5.74, 6) is 0. The molecule has 5 heteroatoms. The molecule has 0 bridgehead atoms. The molecule has 0 radical (unpaired) electrons. The predicted octanol–water partition coefficient (Wildman–Crippen LogP) is 1.63. The molecule has 2 heterocycles. The lowest BCUT2D eigenvalue weighted by Crippen LogP contribution is -2.18. The molecule has 2 aromatic rings. The summed E-state index contributed by atoms with van der Waals surface area (Å²) in [5, 5.41) is 2.07. The average Bonchev–Trinajstić information content (AvgIpc) is 2.82. The number of hydrogen-bond donors (Lipinski definition) is 1. The fourth-order valence-electron chi connectivity index (χ4n) is 1.66. The molecule has 0 aliphatic rings. The van der Waals surface area contributed by atoms with Gasteiger partial charge >= 0.3 is 0 Å². The van der Waals surface area contributed by atoms with Gasteiger partial charge in [0.05, 0.1) is 22.6 Å². The average molecular weight is 248 g/mol. The maximum Gasteiger partial charge on any atom is 0.0795 e. The minimum Gasteiger partial charge on any atom is -0.325 e. The first-order valence-electron chi connectivity index (χ1n) is 5.48. The molecular weight excluding hydrogens is 232 g/mol. The SMILES string of the molecule is CN(Cc1cscn1)Cc1cccc(CN)n1. The van der Waals surface area contributed by atoms with Gasteiger partial charge in [-0.05, 0) is 19.2 Å². The second-order valence-corrected chi connectivity index (χ2v) is 4.70. The van der Waals surface area contributed by atoms with Crippen molar-refractivity contribution in [2.75, 3.05) is 7.05 Å². The molecule has 0 aliphatic carbocycles. The Morgan fingerprint density at radius 1 is 1.24 bits per heavy atom. The van der Waals surface area contributed by atoms with E-state index in [0.717, 1.165) is 30.2 Å². The fourth-order valence-corrected chi connectivity index (χ4v) is 2.21. The highest BCUT2D eigenvalue weighted by Crippen LogP contribution is 2.07. The number of pyridine rings is 1. The lowest BCUT2D eigenvalue weighted by Gasteiger charge is -2.15. The van der Waals surface area contributed by atoms with E-state index in [-0.39, 0.29) is 0 Å². The fraction of sp³-hybridized carbons (Fsp3) is 0.333. The molecule has 0 aromatic carbocycles. The zero-order valence-corrected chi connectivity index (χ0v) is 10.7. The van der Waals surface area contributed by atoms with Gasteiger partial charge in [0.25, 0.3) is 0 Å². The number of nitrogens with two attached hydrogens (primary N) is 1. The van der Waals surface area contributed by atoms with Crippen LogP contribution in [-0.2, 0) is 19.6 Å². The van der Waals surface area contributed by atoms with Gasteiger partial charge in [0.15, 0.2) is 0 Å². The van der Waals surface area contributed by atoms with Gasteiger partial charge in [0, 0.05) is 25.0 Å². The summed E-state index contributed by atoms with van der Waals surface area (Å²) >= 11 is 1.62. The zero-order chi connectivity index (χ0) is 12.1. The molecule has 0 fully saturated rings. The number of nitrogens with zero attached hydrogens (tertiary/aromatic N) is 3. The topological polar surface area (TPSA) is 55.0 Å². The van der Waals surface area contributed by atoms with Gasteiger partial charge in [-0.3, -0.25) is 9.88 Å². The van der Waals surface area contributed by atoms with Crippen molar-refractivity contribution in [3.05, 3.63) is 46.2 Å². The van der Waals surface area contributed by atoms with Gasteiger partial charge in [-0.15, -0.1) is 11.3 Å². The monoisotopic (exact) mass is 248 g/mol. The summed E-state index contributed by atoms with van der Waals surface area (Å²) in [7, 11) is 2.07. The molecule has 90 valence electrons. The molecule has 2 rings (SSSR count). The van der Waals surface area contributed by atoms with E-state index in [0.29, 0.717) is 6.54 Å². The van der Waals surface area contributed by atoms with E-state index in [2.05, 4.69) is 27.3 Å². The van der Waals surface area contributed by atoms with E-state index in [1.54, 1.807) is 11.3 Å². The van der Waals surface area contributed by atoms with E-state index in [4.69, 9.17) is 5.73 Å². The van der Waals surface area contributed by atoms with Crippen LogP contribution >= 0.6 is 11.3 Å². The molecule has 0 aliphatic heterocycles. The van der Waals surface area contributed by atoms with Crippen LogP contribution in [-0.4, -0.2) is 21.9 Å². The van der Waals surface area contributed by atoms with E-state index in [1.165, 1.54) is 0 Å². The normalized spacial score (nSPS) is 11.0. The van der Waals surface area contributed by atoms with Crippen molar-refractivity contribution in [2.24, 2.45) is 5.73 Å². The van der Waals surface area contributed by atoms with E-state index >= 15 is 0 Å². The van der Waals surface area contributed by atoms with Crippen molar-refractivity contribution in [2.45, 2.75) is 19.6 Å². The van der Waals surface area contributed by atoms with Gasteiger partial charge in [-0.1, -0.05) is 6.07 Å². The number of aromatic nitrogens is 2. The Balaban J connectivity index is 1.95. The molecule has 0 amide bonds. The van der Waals surface area contributed by atoms with Crippen LogP contribution in [0.2, 0.25) is 0 Å². The van der Waals surface area contributed by atoms with Gasteiger partial charge in [-0.25, -0.2) is 4.98 Å². The molecule has 2 N–H and O–H groups in total. The molecule has 0 atom stereocenters. The van der Waals surface area contributed by atoms with Crippen molar-refractivity contribution < 1.29 is 0 Å². The zero-order valence-electron chi connectivity index (χ0n) is 9.84. The first kappa shape index (κ1) is 12.2. The van der Waals surface area contributed by atoms with Crippen LogP contribution in [0.15, 0.2) is 29.1 Å². The Morgan fingerprint density at radius 3 is 2.71 bits per heavy atom. The summed E-state index contributed by atoms with van der Waals surface area (Å²) in [5.41, 5.74) is 10.5. The number of hydrogen-bond acceptors (Lipinski definition) is 5. The summed E-state index contributed by atoms with van der Waals surface area (Å²) in [6.45, 7) is 2.15. The van der Waals surface area contributed by atoms with Crippen LogP contribution in [0.3, 0.4) is 0 Å². The Bertz CT molecular complexity index is 455. The van der Waals surface area contributed by atoms with Crippen LogP contribution in [0, 0.1) is 0 Å². The van der Waals surface area contributed by atoms with Crippen LogP contribution in [0.5, 0.6) is 0 Å². The standard InChI is InChI=1S/C12H16N4S/c1-16(7-12-8-17-9-14-12)6-11-4-2-3-10(5-13)15-11/h2-4,8-9H,5-7,13H2,1H3. The quantitative estimate of drug-likeness (QED) is 0.873. The lowest BCUT2D eigenvalue weighted by atomic mass is 10.3. The summed E-state index contributed by atoms with van der Waals surface area (Å²) in [6.07, 6.45) is 0. The van der Waals surface area contributed by atoms with Gasteiger partial charge in [-0.2, -0.15) is 0 Å².